The van der Waals surface area contributed by atoms with Crippen LogP contribution in [0.2, 0.25) is 0 Å². The molecule has 1 aromatic rings. The first-order chi connectivity index (χ1) is 7.28. The Bertz CT molecular complexity index is 328. The summed E-state index contributed by atoms with van der Waals surface area (Å²) in [6, 6.07) is 5.79. The van der Waals surface area contributed by atoms with Crippen molar-refractivity contribution in [3.8, 4) is 0 Å². The molecular formula is C11H18N4. The van der Waals surface area contributed by atoms with Crippen LogP contribution < -0.4 is 16.6 Å². The van der Waals surface area contributed by atoms with Crippen LogP contribution in [-0.4, -0.2) is 10.5 Å². The quantitative estimate of drug-likeness (QED) is 0.521. The molecule has 0 saturated heterocycles. The summed E-state index contributed by atoms with van der Waals surface area (Å²) in [5, 5.41) is 3.51. The van der Waals surface area contributed by atoms with Gasteiger partial charge in [-0.2, -0.15) is 0 Å². The molecule has 1 saturated carbocycles. The number of hydrogen-bond acceptors (Lipinski definition) is 4. The minimum atomic E-state index is 0.278. The van der Waals surface area contributed by atoms with Crippen LogP contribution in [0.3, 0.4) is 0 Å². The number of hydrogen-bond donors (Lipinski definition) is 3. The second-order valence-corrected chi connectivity index (χ2v) is 4.16. The highest BCUT2D eigenvalue weighted by Gasteiger charge is 2.35. The normalized spacial score (nSPS) is 18.0. The van der Waals surface area contributed by atoms with Gasteiger partial charge in [-0.1, -0.05) is 13.0 Å². The Balaban J connectivity index is 2.09. The lowest BCUT2D eigenvalue weighted by molar-refractivity contribution is 0.269. The fraction of sp³-hybridized carbons (Fsp3) is 0.545. The Hall–Kier alpha value is -1.29. The molecule has 0 unspecified atom stereocenters. The minimum absolute atomic E-state index is 0.278. The lowest BCUT2D eigenvalue weighted by Crippen LogP contribution is -2.44. The molecule has 0 radical (unpaired) electrons. The van der Waals surface area contributed by atoms with Crippen LogP contribution in [0.5, 0.6) is 0 Å². The van der Waals surface area contributed by atoms with E-state index in [2.05, 4.69) is 22.7 Å². The number of anilines is 2. The summed E-state index contributed by atoms with van der Waals surface area (Å²) in [4.78, 5) is 4.36. The van der Waals surface area contributed by atoms with E-state index in [0.717, 1.165) is 12.2 Å². The molecule has 4 N–H and O–H groups in total. The van der Waals surface area contributed by atoms with Crippen molar-refractivity contribution in [3.63, 3.8) is 0 Å². The average Bonchev–Trinajstić information content (AvgIpc) is 2.24. The summed E-state index contributed by atoms with van der Waals surface area (Å²) in [6.45, 7) is 2.22. The highest BCUT2D eigenvalue weighted by atomic mass is 15.3. The zero-order valence-electron chi connectivity index (χ0n) is 9.09. The van der Waals surface area contributed by atoms with Gasteiger partial charge in [-0.05, 0) is 37.8 Å². The fourth-order valence-corrected chi connectivity index (χ4v) is 2.03. The molecule has 1 aromatic heterocycles. The number of rotatable bonds is 4. The van der Waals surface area contributed by atoms with Crippen LogP contribution in [0.4, 0.5) is 11.6 Å². The van der Waals surface area contributed by atoms with Crippen molar-refractivity contribution in [3.05, 3.63) is 18.2 Å². The van der Waals surface area contributed by atoms with E-state index in [0.29, 0.717) is 5.82 Å². The highest BCUT2D eigenvalue weighted by molar-refractivity contribution is 5.46. The van der Waals surface area contributed by atoms with Crippen molar-refractivity contribution in [2.45, 2.75) is 38.1 Å². The van der Waals surface area contributed by atoms with Gasteiger partial charge in [0.1, 0.15) is 11.6 Å². The maximum Gasteiger partial charge on any atom is 0.142 e. The summed E-state index contributed by atoms with van der Waals surface area (Å²) < 4.78 is 0. The highest BCUT2D eigenvalue weighted by Crippen LogP contribution is 2.37. The van der Waals surface area contributed by atoms with Gasteiger partial charge < -0.3 is 10.7 Å². The van der Waals surface area contributed by atoms with Crippen molar-refractivity contribution in [1.82, 2.24) is 4.98 Å². The summed E-state index contributed by atoms with van der Waals surface area (Å²) in [6.07, 6.45) is 4.95. The molecule has 82 valence electrons. The Morgan fingerprint density at radius 2 is 2.13 bits per heavy atom. The number of nitrogens with zero attached hydrogens (tertiary/aromatic N) is 1. The SMILES string of the molecule is CCC1(Nc2cccc(NN)n2)CCC1. The number of nitrogen functional groups attached to an aromatic ring is 1. The zero-order valence-corrected chi connectivity index (χ0v) is 9.09. The second kappa shape index (κ2) is 4.06. The third-order valence-corrected chi connectivity index (χ3v) is 3.28. The molecule has 0 atom stereocenters. The number of hydrazine groups is 1. The molecule has 1 fully saturated rings. The largest absolute Gasteiger partial charge is 0.365 e. The zero-order chi connectivity index (χ0) is 10.7. The van der Waals surface area contributed by atoms with Crippen LogP contribution >= 0.6 is 0 Å². The maximum absolute atomic E-state index is 5.32. The standard InChI is InChI=1S/C11H18N4/c1-2-11(7-4-8-11)14-9-5-3-6-10(13-9)15-12/h3,5-6H,2,4,7-8,12H2,1H3,(H2,13,14,15). The second-order valence-electron chi connectivity index (χ2n) is 4.16. The van der Waals surface area contributed by atoms with Gasteiger partial charge in [-0.3, -0.25) is 0 Å². The Morgan fingerprint density at radius 1 is 1.40 bits per heavy atom. The van der Waals surface area contributed by atoms with Crippen LogP contribution in [0.1, 0.15) is 32.6 Å². The molecule has 0 aliphatic heterocycles. The Labute approximate surface area is 90.2 Å². The number of aromatic nitrogens is 1. The van der Waals surface area contributed by atoms with Gasteiger partial charge >= 0.3 is 0 Å². The van der Waals surface area contributed by atoms with Gasteiger partial charge in [0.2, 0.25) is 0 Å². The third kappa shape index (κ3) is 2.04. The van der Waals surface area contributed by atoms with Crippen LogP contribution in [0.15, 0.2) is 18.2 Å². The van der Waals surface area contributed by atoms with Crippen molar-refractivity contribution in [1.29, 1.82) is 0 Å². The summed E-state index contributed by atoms with van der Waals surface area (Å²) in [5.74, 6) is 6.93. The van der Waals surface area contributed by atoms with Crippen molar-refractivity contribution >= 4 is 11.6 Å². The molecule has 1 aliphatic carbocycles. The molecule has 0 bridgehead atoms. The fourth-order valence-electron chi connectivity index (χ4n) is 2.03. The molecule has 4 nitrogen and oxygen atoms in total. The maximum atomic E-state index is 5.32. The van der Waals surface area contributed by atoms with E-state index in [-0.39, 0.29) is 5.54 Å². The van der Waals surface area contributed by atoms with Gasteiger partial charge in [-0.15, -0.1) is 0 Å². The Morgan fingerprint density at radius 3 is 2.67 bits per heavy atom. The number of nitrogens with one attached hydrogen (secondary N) is 2. The molecule has 4 heteroatoms. The first-order valence-corrected chi connectivity index (χ1v) is 5.50. The van der Waals surface area contributed by atoms with E-state index >= 15 is 0 Å². The van der Waals surface area contributed by atoms with Crippen molar-refractivity contribution in [2.24, 2.45) is 5.84 Å². The third-order valence-electron chi connectivity index (χ3n) is 3.28. The smallest absolute Gasteiger partial charge is 0.142 e. The van der Waals surface area contributed by atoms with Crippen molar-refractivity contribution < 1.29 is 0 Å². The van der Waals surface area contributed by atoms with E-state index < -0.39 is 0 Å². The Kier molecular flexibility index (Phi) is 2.77. The minimum Gasteiger partial charge on any atom is -0.365 e. The lowest BCUT2D eigenvalue weighted by Gasteiger charge is -2.42. The van der Waals surface area contributed by atoms with Gasteiger partial charge in [0.05, 0.1) is 0 Å². The van der Waals surface area contributed by atoms with E-state index in [1.165, 1.54) is 19.3 Å². The first kappa shape index (κ1) is 10.2. The van der Waals surface area contributed by atoms with Gasteiger partial charge in [0.15, 0.2) is 0 Å². The van der Waals surface area contributed by atoms with E-state index in [9.17, 15) is 0 Å². The topological polar surface area (TPSA) is 63.0 Å². The number of nitrogens with two attached hydrogens (primary N) is 1. The van der Waals surface area contributed by atoms with Crippen LogP contribution in [-0.2, 0) is 0 Å². The van der Waals surface area contributed by atoms with E-state index in [4.69, 9.17) is 5.84 Å². The summed E-state index contributed by atoms with van der Waals surface area (Å²) >= 11 is 0. The van der Waals surface area contributed by atoms with E-state index in [1.54, 1.807) is 0 Å². The predicted octanol–water partition coefficient (Wildman–Crippen LogP) is 2.11. The summed E-state index contributed by atoms with van der Waals surface area (Å²) in [7, 11) is 0. The molecule has 15 heavy (non-hydrogen) atoms. The molecular weight excluding hydrogens is 188 g/mol. The lowest BCUT2D eigenvalue weighted by atomic mass is 9.75. The average molecular weight is 206 g/mol. The van der Waals surface area contributed by atoms with Crippen LogP contribution in [0.25, 0.3) is 0 Å². The molecule has 1 aliphatic rings. The monoisotopic (exact) mass is 206 g/mol. The van der Waals surface area contributed by atoms with Crippen LogP contribution in [0, 0.1) is 0 Å². The number of pyridine rings is 1. The summed E-state index contributed by atoms with van der Waals surface area (Å²) in [5.41, 5.74) is 2.83. The van der Waals surface area contributed by atoms with Gasteiger partial charge in [-0.25, -0.2) is 10.8 Å². The predicted molar refractivity (Wildman–Crippen MR) is 62.5 cm³/mol. The molecule has 0 amide bonds. The molecule has 0 spiro atoms. The van der Waals surface area contributed by atoms with Gasteiger partial charge in [0.25, 0.3) is 0 Å². The molecule has 1 heterocycles. The van der Waals surface area contributed by atoms with E-state index in [1.807, 2.05) is 18.2 Å². The van der Waals surface area contributed by atoms with Gasteiger partial charge in [0, 0.05) is 5.54 Å². The van der Waals surface area contributed by atoms with Crippen molar-refractivity contribution in [2.75, 3.05) is 10.7 Å². The first-order valence-electron chi connectivity index (χ1n) is 5.50. The molecule has 2 rings (SSSR count). The molecule has 0 aromatic carbocycles.